The zero-order valence-electron chi connectivity index (χ0n) is 19.4. The van der Waals surface area contributed by atoms with Crippen molar-refractivity contribution < 1.29 is 9.59 Å². The maximum atomic E-state index is 13.7. The van der Waals surface area contributed by atoms with Crippen LogP contribution in [0.4, 0.5) is 11.4 Å². The first kappa shape index (κ1) is 22.5. The van der Waals surface area contributed by atoms with Crippen LogP contribution in [0.1, 0.15) is 11.1 Å². The Bertz CT molecular complexity index is 1600. The van der Waals surface area contributed by atoms with Crippen LogP contribution in [0.5, 0.6) is 0 Å². The lowest BCUT2D eigenvalue weighted by molar-refractivity contribution is -0.120. The van der Waals surface area contributed by atoms with Gasteiger partial charge in [-0.05, 0) is 67.2 Å². The molecule has 0 saturated carbocycles. The molecule has 0 N–H and O–H groups in total. The highest BCUT2D eigenvalue weighted by Gasteiger charge is 2.41. The minimum atomic E-state index is -0.503. The monoisotopic (exact) mass is 482 g/mol. The van der Waals surface area contributed by atoms with Crippen LogP contribution in [0.25, 0.3) is 17.1 Å². The number of anilines is 2. The first-order valence-corrected chi connectivity index (χ1v) is 11.4. The van der Waals surface area contributed by atoms with E-state index in [-0.39, 0.29) is 16.4 Å². The lowest BCUT2D eigenvalue weighted by Crippen LogP contribution is -2.56. The number of thiocarbonyl (C=S) groups is 1. The van der Waals surface area contributed by atoms with Crippen LogP contribution in [0, 0.1) is 6.92 Å². The molecule has 0 aliphatic carbocycles. The third-order valence-corrected chi connectivity index (χ3v) is 6.53. The Morgan fingerprint density at radius 2 is 1.29 bits per heavy atom. The lowest BCUT2D eigenvalue weighted by Gasteiger charge is -2.36. The summed E-state index contributed by atoms with van der Waals surface area (Å²) in [6, 6.07) is 21.8. The van der Waals surface area contributed by atoms with Gasteiger partial charge in [-0.3, -0.25) is 28.5 Å². The second kappa shape index (κ2) is 8.48. The molecule has 4 aromatic rings. The molecule has 1 saturated heterocycles. The van der Waals surface area contributed by atoms with Crippen LogP contribution < -0.4 is 15.5 Å². The van der Waals surface area contributed by atoms with Crippen molar-refractivity contribution in [3.63, 3.8) is 0 Å². The van der Waals surface area contributed by atoms with Gasteiger partial charge in [0.05, 0.1) is 22.4 Å². The Morgan fingerprint density at radius 3 is 1.91 bits per heavy atom. The summed E-state index contributed by atoms with van der Waals surface area (Å²) in [6.07, 6.45) is 1.56. The highest BCUT2D eigenvalue weighted by Crippen LogP contribution is 2.30. The normalized spacial score (nSPS) is 15.5. The first-order valence-electron chi connectivity index (χ1n) is 11.0. The number of carbonyl (C=O) groups is 2. The molecule has 1 aliphatic heterocycles. The minimum absolute atomic E-state index is 0.0247. The zero-order valence-corrected chi connectivity index (χ0v) is 20.2. The second-order valence-corrected chi connectivity index (χ2v) is 8.81. The van der Waals surface area contributed by atoms with E-state index < -0.39 is 11.8 Å². The highest BCUT2D eigenvalue weighted by molar-refractivity contribution is 7.81. The molecule has 1 fully saturated rings. The molecule has 5 rings (SSSR count). The number of para-hydroxylation sites is 1. The molecule has 1 aliphatic rings. The Morgan fingerprint density at radius 1 is 0.714 bits per heavy atom. The molecule has 174 valence electrons. The Kier molecular flexibility index (Phi) is 5.45. The lowest BCUT2D eigenvalue weighted by atomic mass is 10.0. The Balaban J connectivity index is 1.67. The Hall–Kier alpha value is -4.30. The van der Waals surface area contributed by atoms with Gasteiger partial charge in [0.2, 0.25) is 0 Å². The predicted octanol–water partition coefficient (Wildman–Crippen LogP) is 3.93. The van der Waals surface area contributed by atoms with Crippen LogP contribution in [0.3, 0.4) is 0 Å². The first-order chi connectivity index (χ1) is 16.8. The summed E-state index contributed by atoms with van der Waals surface area (Å²) in [5.41, 5.74) is 4.09. The minimum Gasteiger partial charge on any atom is -0.295 e. The van der Waals surface area contributed by atoms with Crippen molar-refractivity contribution in [1.82, 2.24) is 9.13 Å². The molecular weight excluding hydrogens is 460 g/mol. The topological polar surface area (TPSA) is 67.5 Å². The number of aromatic nitrogens is 2. The standard InChI is InChI=1S/C27H22N4O3S/c1-17-9-12-20(13-10-17)31-25(33)21(24(32)30(27(31)35)19-7-5-4-6-8-19)15-18-11-14-22-23(16-18)29(3)26(34)28(22)2/h4-16H,1-3H3/b21-15-. The second-order valence-electron chi connectivity index (χ2n) is 8.44. The van der Waals surface area contributed by atoms with Crippen LogP contribution >= 0.6 is 12.2 Å². The SMILES string of the molecule is Cc1ccc(N2C(=O)/C(=C\c3ccc4c(c3)n(C)c(=O)n4C)C(=O)N(c3ccccc3)C2=S)cc1. The smallest absolute Gasteiger partial charge is 0.295 e. The molecule has 1 aromatic heterocycles. The molecule has 3 aromatic carbocycles. The number of rotatable bonds is 3. The Labute approximate surface area is 207 Å². The summed E-state index contributed by atoms with van der Waals surface area (Å²) < 4.78 is 3.09. The van der Waals surface area contributed by atoms with Crippen LogP contribution in [-0.4, -0.2) is 26.1 Å². The van der Waals surface area contributed by atoms with Gasteiger partial charge in [0.1, 0.15) is 5.57 Å². The van der Waals surface area contributed by atoms with Crippen molar-refractivity contribution >= 4 is 57.6 Å². The number of imidazole rings is 1. The van der Waals surface area contributed by atoms with E-state index in [4.69, 9.17) is 12.2 Å². The average Bonchev–Trinajstić information content (AvgIpc) is 3.07. The highest BCUT2D eigenvalue weighted by atomic mass is 32.1. The van der Waals surface area contributed by atoms with Gasteiger partial charge in [-0.25, -0.2) is 4.79 Å². The van der Waals surface area contributed by atoms with Gasteiger partial charge in [-0.2, -0.15) is 0 Å². The van der Waals surface area contributed by atoms with Gasteiger partial charge in [0, 0.05) is 14.1 Å². The summed E-state index contributed by atoms with van der Waals surface area (Å²) in [5.74, 6) is -1.00. The fourth-order valence-electron chi connectivity index (χ4n) is 4.24. The number of carbonyl (C=O) groups excluding carboxylic acids is 2. The number of benzene rings is 3. The van der Waals surface area contributed by atoms with Gasteiger partial charge in [-0.15, -0.1) is 0 Å². The molecule has 2 amide bonds. The number of hydrogen-bond donors (Lipinski definition) is 0. The molecule has 0 radical (unpaired) electrons. The fraction of sp³-hybridized carbons (Fsp3) is 0.111. The van der Waals surface area contributed by atoms with E-state index in [9.17, 15) is 14.4 Å². The molecule has 8 heteroatoms. The summed E-state index contributed by atoms with van der Waals surface area (Å²) >= 11 is 5.66. The zero-order chi connectivity index (χ0) is 24.9. The number of amides is 2. The van der Waals surface area contributed by atoms with Crippen LogP contribution in [0.2, 0.25) is 0 Å². The van der Waals surface area contributed by atoms with E-state index in [2.05, 4.69) is 0 Å². The van der Waals surface area contributed by atoms with E-state index in [1.54, 1.807) is 55.1 Å². The molecule has 0 atom stereocenters. The molecular formula is C27H22N4O3S. The number of hydrogen-bond acceptors (Lipinski definition) is 4. The number of aryl methyl sites for hydroxylation is 3. The van der Waals surface area contributed by atoms with Crippen molar-refractivity contribution in [2.45, 2.75) is 6.92 Å². The van der Waals surface area contributed by atoms with E-state index in [0.717, 1.165) is 11.1 Å². The maximum absolute atomic E-state index is 13.7. The average molecular weight is 483 g/mol. The molecule has 7 nitrogen and oxygen atoms in total. The summed E-state index contributed by atoms with van der Waals surface area (Å²) in [5, 5.41) is 0.0908. The van der Waals surface area contributed by atoms with Gasteiger partial charge in [0.15, 0.2) is 5.11 Å². The van der Waals surface area contributed by atoms with Crippen molar-refractivity contribution in [2.24, 2.45) is 14.1 Å². The number of fused-ring (bicyclic) bond motifs is 1. The van der Waals surface area contributed by atoms with Gasteiger partial charge in [0.25, 0.3) is 11.8 Å². The van der Waals surface area contributed by atoms with Gasteiger partial charge < -0.3 is 0 Å². The van der Waals surface area contributed by atoms with Crippen molar-refractivity contribution in [2.75, 3.05) is 9.80 Å². The summed E-state index contributed by atoms with van der Waals surface area (Å²) in [4.78, 5) is 42.4. The van der Waals surface area contributed by atoms with Crippen molar-refractivity contribution in [3.8, 4) is 0 Å². The van der Waals surface area contributed by atoms with Gasteiger partial charge >= 0.3 is 5.69 Å². The van der Waals surface area contributed by atoms with Crippen molar-refractivity contribution in [3.05, 3.63) is 100.0 Å². The third kappa shape index (κ3) is 3.68. The van der Waals surface area contributed by atoms with Crippen molar-refractivity contribution in [1.29, 1.82) is 0 Å². The maximum Gasteiger partial charge on any atom is 0.328 e. The molecule has 0 bridgehead atoms. The molecule has 0 unspecified atom stereocenters. The van der Waals surface area contributed by atoms with E-state index in [1.807, 2.05) is 49.4 Å². The predicted molar refractivity (Wildman–Crippen MR) is 141 cm³/mol. The fourth-order valence-corrected chi connectivity index (χ4v) is 4.61. The number of nitrogens with zero attached hydrogens (tertiary/aromatic N) is 4. The summed E-state index contributed by atoms with van der Waals surface area (Å²) in [6.45, 7) is 1.96. The van der Waals surface area contributed by atoms with Crippen LogP contribution in [-0.2, 0) is 23.7 Å². The van der Waals surface area contributed by atoms with E-state index in [1.165, 1.54) is 14.4 Å². The largest absolute Gasteiger partial charge is 0.328 e. The van der Waals surface area contributed by atoms with Gasteiger partial charge in [-0.1, -0.05) is 42.0 Å². The molecule has 0 spiro atoms. The molecule has 35 heavy (non-hydrogen) atoms. The van der Waals surface area contributed by atoms with E-state index >= 15 is 0 Å². The van der Waals surface area contributed by atoms with Crippen LogP contribution in [0.15, 0.2) is 83.2 Å². The summed E-state index contributed by atoms with van der Waals surface area (Å²) in [7, 11) is 3.39. The van der Waals surface area contributed by atoms with E-state index in [0.29, 0.717) is 22.5 Å². The molecule has 2 heterocycles. The third-order valence-electron chi connectivity index (χ3n) is 6.16. The quantitative estimate of drug-likeness (QED) is 0.252.